The van der Waals surface area contributed by atoms with Gasteiger partial charge in [0.2, 0.25) is 0 Å². The summed E-state index contributed by atoms with van der Waals surface area (Å²) in [6.45, 7) is 10.8. The zero-order valence-corrected chi connectivity index (χ0v) is 19.5. The summed E-state index contributed by atoms with van der Waals surface area (Å²) in [5.41, 5.74) is 1.05. The fourth-order valence-corrected chi connectivity index (χ4v) is 3.63. The lowest BCUT2D eigenvalue weighted by molar-refractivity contribution is 0.129. The van der Waals surface area contributed by atoms with Crippen LogP contribution in [0.25, 0.3) is 0 Å². The molecule has 0 aromatic heterocycles. The van der Waals surface area contributed by atoms with E-state index in [2.05, 4.69) is 22.0 Å². The van der Waals surface area contributed by atoms with Crippen LogP contribution in [0.3, 0.4) is 0 Å². The molecule has 158 valence electrons. The number of piperazine rings is 1. The van der Waals surface area contributed by atoms with E-state index in [-0.39, 0.29) is 29.8 Å². The number of benzene rings is 1. The minimum Gasteiger partial charge on any atom is -0.382 e. The standard InChI is InChI=1S/C21H33FN4O.HI/c1-3-23-20(24-17-21(9-10-21)11-16-27-4-2)26-14-12-25(13-15-26)19-8-6-5-7-18(19)22;/h5-8H,3-4,9-17H2,1-2H3,(H,23,24);1H. The van der Waals surface area contributed by atoms with Crippen molar-refractivity contribution in [2.45, 2.75) is 33.1 Å². The number of anilines is 1. The summed E-state index contributed by atoms with van der Waals surface area (Å²) >= 11 is 0. The van der Waals surface area contributed by atoms with Crippen LogP contribution in [0.5, 0.6) is 0 Å². The van der Waals surface area contributed by atoms with E-state index < -0.39 is 0 Å². The van der Waals surface area contributed by atoms with Crippen LogP contribution in [0.4, 0.5) is 10.1 Å². The van der Waals surface area contributed by atoms with Gasteiger partial charge in [-0.1, -0.05) is 12.1 Å². The van der Waals surface area contributed by atoms with Gasteiger partial charge < -0.3 is 19.9 Å². The maximum atomic E-state index is 14.0. The van der Waals surface area contributed by atoms with Gasteiger partial charge in [0.05, 0.1) is 5.69 Å². The lowest BCUT2D eigenvalue weighted by Gasteiger charge is -2.38. The molecule has 0 spiro atoms. The fourth-order valence-electron chi connectivity index (χ4n) is 3.63. The number of halogens is 2. The van der Waals surface area contributed by atoms with Crippen molar-refractivity contribution < 1.29 is 9.13 Å². The maximum Gasteiger partial charge on any atom is 0.194 e. The molecule has 0 atom stereocenters. The molecule has 1 aromatic rings. The van der Waals surface area contributed by atoms with Crippen LogP contribution in [0.2, 0.25) is 0 Å². The number of para-hydroxylation sites is 1. The van der Waals surface area contributed by atoms with Gasteiger partial charge in [0.15, 0.2) is 5.96 Å². The van der Waals surface area contributed by atoms with Crippen molar-refractivity contribution in [1.29, 1.82) is 0 Å². The van der Waals surface area contributed by atoms with Crippen LogP contribution in [-0.4, -0.2) is 63.3 Å². The van der Waals surface area contributed by atoms with Crippen LogP contribution in [0.15, 0.2) is 29.3 Å². The predicted octanol–water partition coefficient (Wildman–Crippen LogP) is 3.74. The van der Waals surface area contributed by atoms with Crippen molar-refractivity contribution in [3.63, 3.8) is 0 Å². The Hall–Kier alpha value is -1.09. The van der Waals surface area contributed by atoms with Gasteiger partial charge in [0, 0.05) is 52.5 Å². The van der Waals surface area contributed by atoms with E-state index in [1.807, 2.05) is 19.1 Å². The van der Waals surface area contributed by atoms with Crippen molar-refractivity contribution in [3.05, 3.63) is 30.1 Å². The molecule has 3 rings (SSSR count). The van der Waals surface area contributed by atoms with Gasteiger partial charge in [-0.3, -0.25) is 4.99 Å². The molecule has 0 bridgehead atoms. The minimum atomic E-state index is -0.142. The SMILES string of the molecule is CCNC(=NCC1(CCOCC)CC1)N1CCN(c2ccccc2F)CC1.I. The highest BCUT2D eigenvalue weighted by molar-refractivity contribution is 14.0. The first-order valence-corrected chi connectivity index (χ1v) is 10.3. The largest absolute Gasteiger partial charge is 0.382 e. The summed E-state index contributed by atoms with van der Waals surface area (Å²) in [6.07, 6.45) is 3.61. The van der Waals surface area contributed by atoms with E-state index in [1.165, 1.54) is 18.9 Å². The summed E-state index contributed by atoms with van der Waals surface area (Å²) in [5, 5.41) is 3.44. The molecule has 1 heterocycles. The average molecular weight is 504 g/mol. The van der Waals surface area contributed by atoms with E-state index in [0.29, 0.717) is 11.1 Å². The highest BCUT2D eigenvalue weighted by Gasteiger charge is 2.42. The molecule has 1 saturated heterocycles. The van der Waals surface area contributed by atoms with Gasteiger partial charge in [0.1, 0.15) is 5.82 Å². The van der Waals surface area contributed by atoms with Crippen molar-refractivity contribution in [3.8, 4) is 0 Å². The second-order valence-corrected chi connectivity index (χ2v) is 7.54. The topological polar surface area (TPSA) is 40.1 Å². The molecule has 2 fully saturated rings. The Morgan fingerprint density at radius 3 is 2.50 bits per heavy atom. The molecule has 1 aliphatic heterocycles. The van der Waals surface area contributed by atoms with E-state index in [9.17, 15) is 4.39 Å². The molecule has 28 heavy (non-hydrogen) atoms. The molecule has 0 amide bonds. The predicted molar refractivity (Wildman–Crippen MR) is 124 cm³/mol. The van der Waals surface area contributed by atoms with Crippen LogP contribution < -0.4 is 10.2 Å². The summed E-state index contributed by atoms with van der Waals surface area (Å²) in [7, 11) is 0. The molecule has 1 saturated carbocycles. The van der Waals surface area contributed by atoms with Gasteiger partial charge in [-0.2, -0.15) is 0 Å². The summed E-state index contributed by atoms with van der Waals surface area (Å²) < 4.78 is 19.6. The number of guanidine groups is 1. The Kier molecular flexibility index (Phi) is 9.27. The van der Waals surface area contributed by atoms with Crippen molar-refractivity contribution in [2.24, 2.45) is 10.4 Å². The number of hydrogen-bond donors (Lipinski definition) is 1. The summed E-state index contributed by atoms with van der Waals surface area (Å²) in [4.78, 5) is 9.38. The van der Waals surface area contributed by atoms with Gasteiger partial charge in [-0.25, -0.2) is 4.39 Å². The Labute approximate surface area is 185 Å². The second kappa shape index (κ2) is 11.2. The molecule has 1 aromatic carbocycles. The molecular formula is C21H34FIN4O. The monoisotopic (exact) mass is 504 g/mol. The van der Waals surface area contributed by atoms with Gasteiger partial charge in [0.25, 0.3) is 0 Å². The molecule has 0 unspecified atom stereocenters. The second-order valence-electron chi connectivity index (χ2n) is 7.54. The third kappa shape index (κ3) is 6.20. The summed E-state index contributed by atoms with van der Waals surface area (Å²) in [5.74, 6) is 0.852. The number of nitrogens with zero attached hydrogens (tertiary/aromatic N) is 3. The molecule has 7 heteroatoms. The zero-order chi connectivity index (χ0) is 19.1. The van der Waals surface area contributed by atoms with E-state index in [0.717, 1.165) is 64.9 Å². The average Bonchev–Trinajstić information content (AvgIpc) is 3.46. The lowest BCUT2D eigenvalue weighted by Crippen LogP contribution is -2.52. The van der Waals surface area contributed by atoms with Crippen molar-refractivity contribution >= 4 is 35.6 Å². The number of aliphatic imine (C=N–C) groups is 1. The fraction of sp³-hybridized carbons (Fsp3) is 0.667. The number of nitrogens with one attached hydrogen (secondary N) is 1. The zero-order valence-electron chi connectivity index (χ0n) is 17.1. The number of ether oxygens (including phenoxy) is 1. The van der Waals surface area contributed by atoms with Crippen LogP contribution in [0.1, 0.15) is 33.1 Å². The molecular weight excluding hydrogens is 470 g/mol. The quantitative estimate of drug-likeness (QED) is 0.254. The first-order chi connectivity index (χ1) is 13.2. The number of hydrogen-bond acceptors (Lipinski definition) is 3. The van der Waals surface area contributed by atoms with Crippen LogP contribution in [-0.2, 0) is 4.74 Å². The first kappa shape index (κ1) is 23.2. The van der Waals surface area contributed by atoms with E-state index in [4.69, 9.17) is 9.73 Å². The normalized spacial score (nSPS) is 18.6. The first-order valence-electron chi connectivity index (χ1n) is 10.3. The van der Waals surface area contributed by atoms with Crippen LogP contribution in [0, 0.1) is 11.2 Å². The molecule has 1 aliphatic carbocycles. The minimum absolute atomic E-state index is 0. The van der Waals surface area contributed by atoms with Crippen LogP contribution >= 0.6 is 24.0 Å². The van der Waals surface area contributed by atoms with Crippen molar-refractivity contribution in [2.75, 3.05) is 57.4 Å². The number of rotatable bonds is 8. The molecule has 1 N–H and O–H groups in total. The Balaban J connectivity index is 0.00000280. The molecule has 0 radical (unpaired) electrons. The highest BCUT2D eigenvalue weighted by atomic mass is 127. The molecule has 5 nitrogen and oxygen atoms in total. The smallest absolute Gasteiger partial charge is 0.194 e. The van der Waals surface area contributed by atoms with Gasteiger partial charge >= 0.3 is 0 Å². The Morgan fingerprint density at radius 1 is 1.18 bits per heavy atom. The van der Waals surface area contributed by atoms with Crippen molar-refractivity contribution in [1.82, 2.24) is 10.2 Å². The van der Waals surface area contributed by atoms with Gasteiger partial charge in [-0.15, -0.1) is 24.0 Å². The van der Waals surface area contributed by atoms with Gasteiger partial charge in [-0.05, 0) is 50.7 Å². The summed E-state index contributed by atoms with van der Waals surface area (Å²) in [6, 6.07) is 7.03. The maximum absolute atomic E-state index is 14.0. The highest BCUT2D eigenvalue weighted by Crippen LogP contribution is 2.49. The lowest BCUT2D eigenvalue weighted by atomic mass is 10.0. The Morgan fingerprint density at radius 2 is 1.89 bits per heavy atom. The van der Waals surface area contributed by atoms with E-state index in [1.54, 1.807) is 6.07 Å². The Bertz CT molecular complexity index is 631. The van der Waals surface area contributed by atoms with E-state index >= 15 is 0 Å². The third-order valence-corrected chi connectivity index (χ3v) is 5.61. The molecule has 2 aliphatic rings. The third-order valence-electron chi connectivity index (χ3n) is 5.61.